The van der Waals surface area contributed by atoms with Gasteiger partial charge >= 0.3 is 0 Å². The second kappa shape index (κ2) is 5.45. The Morgan fingerprint density at radius 2 is 2.15 bits per heavy atom. The molecule has 0 aliphatic rings. The molecular weight excluding hydrogens is 258 g/mol. The molecule has 0 amide bonds. The van der Waals surface area contributed by atoms with Gasteiger partial charge in [-0.1, -0.05) is 15.9 Å². The van der Waals surface area contributed by atoms with Gasteiger partial charge in [0.25, 0.3) is 0 Å². The van der Waals surface area contributed by atoms with Crippen LogP contribution >= 0.6 is 27.5 Å². The molecule has 1 aromatic carbocycles. The number of hydrogen-bond donors (Lipinski definition) is 0. The van der Waals surface area contributed by atoms with Gasteiger partial charge in [-0.25, -0.2) is 4.39 Å². The van der Waals surface area contributed by atoms with Crippen LogP contribution in [0.4, 0.5) is 4.39 Å². The Balaban J connectivity index is 2.56. The fraction of sp³-hybridized carbons (Fsp3) is 0.333. The average Bonchev–Trinajstić information content (AvgIpc) is 2.03. The molecule has 1 aromatic rings. The van der Waals surface area contributed by atoms with Crippen LogP contribution in [-0.4, -0.2) is 12.5 Å². The first-order chi connectivity index (χ1) is 6.22. The number of halogens is 3. The molecule has 72 valence electrons. The first-order valence-electron chi connectivity index (χ1n) is 3.87. The third-order valence-electron chi connectivity index (χ3n) is 1.38. The lowest BCUT2D eigenvalue weighted by Crippen LogP contribution is -1.97. The molecule has 0 bridgehead atoms. The minimum atomic E-state index is -0.310. The fourth-order valence-electron chi connectivity index (χ4n) is 0.856. The molecular formula is C9H9BrClFO. The molecule has 13 heavy (non-hydrogen) atoms. The van der Waals surface area contributed by atoms with Crippen LogP contribution in [0.5, 0.6) is 5.75 Å². The average molecular weight is 268 g/mol. The van der Waals surface area contributed by atoms with E-state index in [1.54, 1.807) is 6.07 Å². The molecule has 0 saturated heterocycles. The number of rotatable bonds is 4. The van der Waals surface area contributed by atoms with Crippen LogP contribution in [0.2, 0.25) is 0 Å². The Hall–Kier alpha value is -0.280. The van der Waals surface area contributed by atoms with Crippen molar-refractivity contribution in [1.82, 2.24) is 0 Å². The Kier molecular flexibility index (Phi) is 4.53. The third-order valence-corrected chi connectivity index (χ3v) is 2.11. The van der Waals surface area contributed by atoms with Crippen molar-refractivity contribution in [2.75, 3.05) is 12.5 Å². The van der Waals surface area contributed by atoms with Crippen molar-refractivity contribution in [2.24, 2.45) is 0 Å². The van der Waals surface area contributed by atoms with Crippen molar-refractivity contribution in [1.29, 1.82) is 0 Å². The summed E-state index contributed by atoms with van der Waals surface area (Å²) in [7, 11) is 0. The van der Waals surface area contributed by atoms with E-state index >= 15 is 0 Å². The van der Waals surface area contributed by atoms with Crippen LogP contribution in [0.15, 0.2) is 22.7 Å². The van der Waals surface area contributed by atoms with E-state index in [1.165, 1.54) is 12.1 Å². The smallest absolute Gasteiger partial charge is 0.128 e. The highest BCUT2D eigenvalue weighted by Gasteiger charge is 1.99. The van der Waals surface area contributed by atoms with Crippen LogP contribution in [-0.2, 0) is 0 Å². The van der Waals surface area contributed by atoms with E-state index in [1.807, 2.05) is 0 Å². The summed E-state index contributed by atoms with van der Waals surface area (Å²) in [6, 6.07) is 4.45. The second-order valence-electron chi connectivity index (χ2n) is 2.50. The van der Waals surface area contributed by atoms with Gasteiger partial charge in [-0.2, -0.15) is 0 Å². The van der Waals surface area contributed by atoms with E-state index in [0.717, 1.165) is 6.42 Å². The SMILES string of the molecule is Fc1cc(Br)cc(OCCCCl)c1. The maximum atomic E-state index is 12.8. The first kappa shape index (κ1) is 10.8. The molecule has 0 radical (unpaired) electrons. The lowest BCUT2D eigenvalue weighted by Gasteiger charge is -2.05. The van der Waals surface area contributed by atoms with E-state index in [4.69, 9.17) is 16.3 Å². The van der Waals surface area contributed by atoms with Crippen LogP contribution in [0.1, 0.15) is 6.42 Å². The molecule has 0 aliphatic carbocycles. The minimum absolute atomic E-state index is 0.310. The number of hydrogen-bond acceptors (Lipinski definition) is 1. The monoisotopic (exact) mass is 266 g/mol. The predicted molar refractivity (Wildman–Crippen MR) is 54.9 cm³/mol. The third kappa shape index (κ3) is 3.96. The highest BCUT2D eigenvalue weighted by atomic mass is 79.9. The van der Waals surface area contributed by atoms with Crippen molar-refractivity contribution < 1.29 is 9.13 Å². The van der Waals surface area contributed by atoms with Gasteiger partial charge in [-0.15, -0.1) is 11.6 Å². The van der Waals surface area contributed by atoms with Crippen molar-refractivity contribution in [2.45, 2.75) is 6.42 Å². The molecule has 0 N–H and O–H groups in total. The molecule has 1 nitrogen and oxygen atoms in total. The second-order valence-corrected chi connectivity index (χ2v) is 3.79. The molecule has 4 heteroatoms. The zero-order chi connectivity index (χ0) is 9.68. The zero-order valence-corrected chi connectivity index (χ0v) is 9.24. The van der Waals surface area contributed by atoms with E-state index in [9.17, 15) is 4.39 Å². The van der Waals surface area contributed by atoms with Crippen molar-refractivity contribution >= 4 is 27.5 Å². The largest absolute Gasteiger partial charge is 0.493 e. The molecule has 0 fully saturated rings. The molecule has 0 saturated carbocycles. The molecule has 0 heterocycles. The van der Waals surface area contributed by atoms with Gasteiger partial charge in [0, 0.05) is 16.4 Å². The summed E-state index contributed by atoms with van der Waals surface area (Å²) in [5.74, 6) is 0.767. The Bertz CT molecular complexity index is 260. The zero-order valence-electron chi connectivity index (χ0n) is 6.90. The minimum Gasteiger partial charge on any atom is -0.493 e. The molecule has 0 spiro atoms. The van der Waals surface area contributed by atoms with Crippen LogP contribution in [0.25, 0.3) is 0 Å². The number of benzene rings is 1. The lowest BCUT2D eigenvalue weighted by atomic mass is 10.3. The predicted octanol–water partition coefficient (Wildman–Crippen LogP) is 3.60. The van der Waals surface area contributed by atoms with Gasteiger partial charge in [-0.3, -0.25) is 0 Å². The van der Waals surface area contributed by atoms with Crippen LogP contribution < -0.4 is 4.74 Å². The van der Waals surface area contributed by atoms with Gasteiger partial charge in [-0.05, 0) is 18.6 Å². The summed E-state index contributed by atoms with van der Waals surface area (Å²) < 4.78 is 18.7. The van der Waals surface area contributed by atoms with Crippen LogP contribution in [0.3, 0.4) is 0 Å². The fourth-order valence-corrected chi connectivity index (χ4v) is 1.41. The van der Waals surface area contributed by atoms with Crippen molar-refractivity contribution in [3.8, 4) is 5.75 Å². The maximum absolute atomic E-state index is 12.8. The summed E-state index contributed by atoms with van der Waals surface area (Å²) in [5, 5.41) is 0. The first-order valence-corrected chi connectivity index (χ1v) is 5.20. The van der Waals surface area contributed by atoms with Gasteiger partial charge in [0.1, 0.15) is 11.6 Å². The van der Waals surface area contributed by atoms with E-state index in [-0.39, 0.29) is 5.82 Å². The molecule has 0 atom stereocenters. The highest BCUT2D eigenvalue weighted by Crippen LogP contribution is 2.20. The quantitative estimate of drug-likeness (QED) is 0.598. The highest BCUT2D eigenvalue weighted by molar-refractivity contribution is 9.10. The standard InChI is InChI=1S/C9H9BrClFO/c10-7-4-8(12)6-9(5-7)13-3-1-2-11/h4-6H,1-3H2. The summed E-state index contributed by atoms with van der Waals surface area (Å²) in [6.45, 7) is 0.513. The van der Waals surface area contributed by atoms with Gasteiger partial charge in [0.15, 0.2) is 0 Å². The Morgan fingerprint density at radius 3 is 2.77 bits per heavy atom. The summed E-state index contributed by atoms with van der Waals surface area (Å²) >= 11 is 8.64. The van der Waals surface area contributed by atoms with Crippen molar-refractivity contribution in [3.05, 3.63) is 28.5 Å². The topological polar surface area (TPSA) is 9.23 Å². The summed E-state index contributed by atoms with van der Waals surface area (Å²) in [6.07, 6.45) is 0.760. The summed E-state index contributed by atoms with van der Waals surface area (Å²) in [5.41, 5.74) is 0. The van der Waals surface area contributed by atoms with Crippen molar-refractivity contribution in [3.63, 3.8) is 0 Å². The molecule has 0 aliphatic heterocycles. The number of ether oxygens (including phenoxy) is 1. The lowest BCUT2D eigenvalue weighted by molar-refractivity contribution is 0.316. The molecule has 1 rings (SSSR count). The van der Waals surface area contributed by atoms with Crippen LogP contribution in [0, 0.1) is 5.82 Å². The summed E-state index contributed by atoms with van der Waals surface area (Å²) in [4.78, 5) is 0. The van der Waals surface area contributed by atoms with E-state index < -0.39 is 0 Å². The van der Waals surface area contributed by atoms with E-state index in [0.29, 0.717) is 22.7 Å². The normalized spacial score (nSPS) is 10.1. The molecule has 0 unspecified atom stereocenters. The van der Waals surface area contributed by atoms with E-state index in [2.05, 4.69) is 15.9 Å². The maximum Gasteiger partial charge on any atom is 0.128 e. The number of alkyl halides is 1. The van der Waals surface area contributed by atoms with Gasteiger partial charge in [0.2, 0.25) is 0 Å². The van der Waals surface area contributed by atoms with Gasteiger partial charge in [0.05, 0.1) is 6.61 Å². The Morgan fingerprint density at radius 1 is 1.38 bits per heavy atom. The van der Waals surface area contributed by atoms with Gasteiger partial charge < -0.3 is 4.74 Å². The molecule has 0 aromatic heterocycles. The Labute approximate surface area is 90.0 Å².